The minimum Gasteiger partial charge on any atom is -0.480 e. The van der Waals surface area contributed by atoms with E-state index in [0.717, 1.165) is 12.8 Å². The lowest BCUT2D eigenvalue weighted by Gasteiger charge is -2.21. The zero-order valence-corrected chi connectivity index (χ0v) is 15.0. The van der Waals surface area contributed by atoms with E-state index < -0.39 is 17.9 Å². The van der Waals surface area contributed by atoms with Crippen LogP contribution >= 0.6 is 0 Å². The molecule has 3 N–H and O–H groups in total. The van der Waals surface area contributed by atoms with E-state index in [4.69, 9.17) is 0 Å². The lowest BCUT2D eigenvalue weighted by atomic mass is 9.88. The largest absolute Gasteiger partial charge is 0.480 e. The summed E-state index contributed by atoms with van der Waals surface area (Å²) in [6.45, 7) is 6.09. The molecule has 0 heterocycles. The fraction of sp³-hybridized carbons (Fsp3) is 0.526. The third kappa shape index (κ3) is 6.21. The molecule has 1 unspecified atom stereocenters. The molecule has 0 saturated heterocycles. The maximum absolute atomic E-state index is 12.3. The predicted molar refractivity (Wildman–Crippen MR) is 95.4 cm³/mol. The summed E-state index contributed by atoms with van der Waals surface area (Å²) < 4.78 is 0. The highest BCUT2D eigenvalue weighted by atomic mass is 16.4. The first-order valence-corrected chi connectivity index (χ1v) is 8.60. The van der Waals surface area contributed by atoms with Gasteiger partial charge in [0.15, 0.2) is 0 Å². The number of hydrogen-bond acceptors (Lipinski definition) is 3. The quantitative estimate of drug-likeness (QED) is 0.707. The first-order valence-electron chi connectivity index (χ1n) is 8.60. The van der Waals surface area contributed by atoms with Gasteiger partial charge in [-0.05, 0) is 55.4 Å². The number of amides is 2. The molecule has 0 spiro atoms. The number of hydrogen-bond donors (Lipinski definition) is 3. The molecule has 0 aromatic heterocycles. The molecule has 6 heteroatoms. The van der Waals surface area contributed by atoms with E-state index in [9.17, 15) is 19.5 Å². The van der Waals surface area contributed by atoms with Gasteiger partial charge in [0.2, 0.25) is 5.91 Å². The Morgan fingerprint density at radius 2 is 1.76 bits per heavy atom. The fourth-order valence-corrected chi connectivity index (χ4v) is 2.37. The number of anilines is 1. The average Bonchev–Trinajstić information content (AvgIpc) is 3.35. The number of aliphatic carboxylic acids is 1. The van der Waals surface area contributed by atoms with Crippen molar-refractivity contribution in [1.29, 1.82) is 0 Å². The molecule has 1 aliphatic rings. The van der Waals surface area contributed by atoms with Gasteiger partial charge in [-0.15, -0.1) is 0 Å². The van der Waals surface area contributed by atoms with Gasteiger partial charge in [-0.25, -0.2) is 4.79 Å². The maximum Gasteiger partial charge on any atom is 0.326 e. The number of benzene rings is 1. The van der Waals surface area contributed by atoms with Crippen LogP contribution in [0.3, 0.4) is 0 Å². The van der Waals surface area contributed by atoms with Crippen LogP contribution in [0, 0.1) is 11.3 Å². The third-order valence-corrected chi connectivity index (χ3v) is 4.15. The van der Waals surface area contributed by atoms with Gasteiger partial charge in [0.25, 0.3) is 5.91 Å². The normalized spacial score (nSPS) is 15.3. The highest BCUT2D eigenvalue weighted by Gasteiger charge is 2.29. The van der Waals surface area contributed by atoms with Crippen molar-refractivity contribution in [2.45, 2.75) is 52.5 Å². The summed E-state index contributed by atoms with van der Waals surface area (Å²) in [7, 11) is 0. The Morgan fingerprint density at radius 3 is 2.24 bits per heavy atom. The number of carboxylic acid groups (broad SMARTS) is 1. The van der Waals surface area contributed by atoms with Crippen molar-refractivity contribution in [2.24, 2.45) is 11.3 Å². The topological polar surface area (TPSA) is 95.5 Å². The summed E-state index contributed by atoms with van der Waals surface area (Å²) in [5.41, 5.74) is 1.00. The number of nitrogens with one attached hydrogen (secondary N) is 2. The maximum atomic E-state index is 12.3. The summed E-state index contributed by atoms with van der Waals surface area (Å²) in [6, 6.07) is 5.56. The number of rotatable bonds is 7. The zero-order valence-electron chi connectivity index (χ0n) is 15.0. The van der Waals surface area contributed by atoms with Crippen molar-refractivity contribution < 1.29 is 19.5 Å². The Morgan fingerprint density at radius 1 is 1.16 bits per heavy atom. The van der Waals surface area contributed by atoms with E-state index in [-0.39, 0.29) is 17.2 Å². The van der Waals surface area contributed by atoms with E-state index in [1.165, 1.54) is 0 Å². The first kappa shape index (κ1) is 19.0. The van der Waals surface area contributed by atoms with Crippen molar-refractivity contribution in [3.05, 3.63) is 29.8 Å². The van der Waals surface area contributed by atoms with Crippen LogP contribution in [-0.4, -0.2) is 28.9 Å². The highest BCUT2D eigenvalue weighted by molar-refractivity contribution is 5.98. The molecule has 1 atom stereocenters. The number of carboxylic acids is 1. The standard InChI is InChI=1S/C19H26N2O4/c1-19(2,3)11-10-15(18(24)25)21-17(23)13-6-8-14(9-7-13)20-16(22)12-4-5-12/h6-9,12,15H,4-5,10-11H2,1-3H3,(H,20,22)(H,21,23)(H,24,25). The molecular weight excluding hydrogens is 320 g/mol. The molecule has 1 aromatic rings. The van der Waals surface area contributed by atoms with Crippen molar-refractivity contribution >= 4 is 23.5 Å². The molecule has 0 aliphatic heterocycles. The molecule has 1 saturated carbocycles. The van der Waals surface area contributed by atoms with Crippen LogP contribution < -0.4 is 10.6 Å². The van der Waals surface area contributed by atoms with Crippen LogP contribution in [0.2, 0.25) is 0 Å². The lowest BCUT2D eigenvalue weighted by Crippen LogP contribution is -2.41. The summed E-state index contributed by atoms with van der Waals surface area (Å²) in [5.74, 6) is -1.35. The Hall–Kier alpha value is -2.37. The zero-order chi connectivity index (χ0) is 18.6. The molecule has 25 heavy (non-hydrogen) atoms. The average molecular weight is 346 g/mol. The SMILES string of the molecule is CC(C)(C)CCC(NC(=O)c1ccc(NC(=O)C2CC2)cc1)C(=O)O. The Bertz CT molecular complexity index is 642. The van der Waals surface area contributed by atoms with E-state index in [1.807, 2.05) is 20.8 Å². The van der Waals surface area contributed by atoms with Gasteiger partial charge in [-0.3, -0.25) is 9.59 Å². The van der Waals surface area contributed by atoms with Gasteiger partial charge in [0, 0.05) is 17.2 Å². The predicted octanol–water partition coefficient (Wildman–Crippen LogP) is 3.04. The molecule has 2 amide bonds. The number of carbonyl (C=O) groups excluding carboxylic acids is 2. The highest BCUT2D eigenvalue weighted by Crippen LogP contribution is 2.30. The van der Waals surface area contributed by atoms with Crippen LogP contribution in [-0.2, 0) is 9.59 Å². The van der Waals surface area contributed by atoms with Gasteiger partial charge in [-0.1, -0.05) is 20.8 Å². The first-order chi connectivity index (χ1) is 11.7. The monoisotopic (exact) mass is 346 g/mol. The Labute approximate surface area is 148 Å². The van der Waals surface area contributed by atoms with Crippen LogP contribution in [0.4, 0.5) is 5.69 Å². The lowest BCUT2D eigenvalue weighted by molar-refractivity contribution is -0.139. The third-order valence-electron chi connectivity index (χ3n) is 4.15. The molecule has 1 fully saturated rings. The van der Waals surface area contributed by atoms with Gasteiger partial charge in [0.05, 0.1) is 0 Å². The minimum atomic E-state index is -1.04. The fourth-order valence-electron chi connectivity index (χ4n) is 2.37. The van der Waals surface area contributed by atoms with Crippen molar-refractivity contribution in [2.75, 3.05) is 5.32 Å². The number of carbonyl (C=O) groups is 3. The van der Waals surface area contributed by atoms with E-state index >= 15 is 0 Å². The van der Waals surface area contributed by atoms with Gasteiger partial charge in [0.1, 0.15) is 6.04 Å². The summed E-state index contributed by atoms with van der Waals surface area (Å²) in [6.07, 6.45) is 2.92. The molecule has 2 rings (SSSR count). The van der Waals surface area contributed by atoms with Crippen molar-refractivity contribution in [3.8, 4) is 0 Å². The van der Waals surface area contributed by atoms with Crippen molar-refractivity contribution in [1.82, 2.24) is 5.32 Å². The van der Waals surface area contributed by atoms with Crippen LogP contribution in [0.1, 0.15) is 56.8 Å². The second-order valence-electron chi connectivity index (χ2n) is 7.80. The molecule has 136 valence electrons. The van der Waals surface area contributed by atoms with Crippen LogP contribution in [0.15, 0.2) is 24.3 Å². The molecule has 0 bridgehead atoms. The molecule has 6 nitrogen and oxygen atoms in total. The summed E-state index contributed by atoms with van der Waals surface area (Å²) >= 11 is 0. The summed E-state index contributed by atoms with van der Waals surface area (Å²) in [4.78, 5) is 35.4. The second kappa shape index (κ2) is 7.68. The van der Waals surface area contributed by atoms with Crippen LogP contribution in [0.5, 0.6) is 0 Å². The van der Waals surface area contributed by atoms with Gasteiger partial charge >= 0.3 is 5.97 Å². The second-order valence-corrected chi connectivity index (χ2v) is 7.80. The molecule has 0 radical (unpaired) electrons. The van der Waals surface area contributed by atoms with E-state index in [0.29, 0.717) is 24.1 Å². The van der Waals surface area contributed by atoms with E-state index in [1.54, 1.807) is 24.3 Å². The molecule has 1 aliphatic carbocycles. The van der Waals surface area contributed by atoms with Gasteiger partial charge in [-0.2, -0.15) is 0 Å². The van der Waals surface area contributed by atoms with Crippen LogP contribution in [0.25, 0.3) is 0 Å². The van der Waals surface area contributed by atoms with Crippen molar-refractivity contribution in [3.63, 3.8) is 0 Å². The minimum absolute atomic E-state index is 0.000158. The Kier molecular flexibility index (Phi) is 5.82. The summed E-state index contributed by atoms with van der Waals surface area (Å²) in [5, 5.41) is 14.7. The van der Waals surface area contributed by atoms with Gasteiger partial charge < -0.3 is 15.7 Å². The Balaban J connectivity index is 1.93. The smallest absolute Gasteiger partial charge is 0.326 e. The molecule has 1 aromatic carbocycles. The molecular formula is C19H26N2O4. The van der Waals surface area contributed by atoms with E-state index in [2.05, 4.69) is 10.6 Å².